The molecule has 126 valence electrons. The molecule has 3 N–H and O–H groups in total. The van der Waals surface area contributed by atoms with Gasteiger partial charge in [0.15, 0.2) is 0 Å². The molecule has 0 saturated carbocycles. The number of nitrogens with zero attached hydrogens (tertiary/aromatic N) is 1. The third kappa shape index (κ3) is 3.92. The van der Waals surface area contributed by atoms with Gasteiger partial charge >= 0.3 is 0 Å². The van der Waals surface area contributed by atoms with Crippen LogP contribution in [0, 0.1) is 5.82 Å². The average Bonchev–Trinajstić information content (AvgIpc) is 3.12. The number of halogens is 2. The van der Waals surface area contributed by atoms with E-state index in [-0.39, 0.29) is 11.3 Å². The molecule has 0 atom stereocenters. The van der Waals surface area contributed by atoms with Gasteiger partial charge in [0.2, 0.25) is 0 Å². The number of amides is 2. The first kappa shape index (κ1) is 16.8. The molecule has 0 spiro atoms. The zero-order valence-electron chi connectivity index (χ0n) is 12.7. The first-order chi connectivity index (χ1) is 12.0. The van der Waals surface area contributed by atoms with E-state index in [1.165, 1.54) is 12.1 Å². The highest BCUT2D eigenvalue weighted by atomic mass is 79.9. The highest BCUT2D eigenvalue weighted by molar-refractivity contribution is 9.10. The van der Waals surface area contributed by atoms with Gasteiger partial charge in [-0.15, -0.1) is 0 Å². The minimum absolute atomic E-state index is 0.161. The van der Waals surface area contributed by atoms with E-state index in [1.807, 2.05) is 30.3 Å². The number of hydrogen-bond acceptors (Lipinski definition) is 3. The maximum absolute atomic E-state index is 13.6. The molecule has 8 heteroatoms. The topological polar surface area (TPSA) is 86.9 Å². The number of benzene rings is 2. The fraction of sp³-hybridized carbons (Fsp3) is 0. The van der Waals surface area contributed by atoms with E-state index in [4.69, 9.17) is 0 Å². The van der Waals surface area contributed by atoms with E-state index in [1.54, 1.807) is 6.07 Å². The molecule has 0 unspecified atom stereocenters. The van der Waals surface area contributed by atoms with Gasteiger partial charge in [0.1, 0.15) is 11.5 Å². The van der Waals surface area contributed by atoms with Crippen LogP contribution in [0.2, 0.25) is 0 Å². The molecule has 2 aromatic carbocycles. The first-order valence-corrected chi connectivity index (χ1v) is 8.00. The van der Waals surface area contributed by atoms with Crippen LogP contribution >= 0.6 is 15.9 Å². The molecule has 0 aliphatic heterocycles. The number of carbonyl (C=O) groups is 2. The van der Waals surface area contributed by atoms with Crippen LogP contribution in [0.1, 0.15) is 20.8 Å². The molecule has 2 amide bonds. The Morgan fingerprint density at radius 1 is 1.00 bits per heavy atom. The van der Waals surface area contributed by atoms with Gasteiger partial charge in [-0.25, -0.2) is 4.39 Å². The van der Waals surface area contributed by atoms with E-state index < -0.39 is 17.6 Å². The second-order valence-electron chi connectivity index (χ2n) is 5.07. The van der Waals surface area contributed by atoms with Crippen molar-refractivity contribution < 1.29 is 14.0 Å². The Labute approximate surface area is 150 Å². The Kier molecular flexibility index (Phi) is 4.90. The van der Waals surface area contributed by atoms with Crippen LogP contribution in [0.25, 0.3) is 11.3 Å². The summed E-state index contributed by atoms with van der Waals surface area (Å²) in [6.45, 7) is 0. The van der Waals surface area contributed by atoms with Crippen molar-refractivity contribution in [2.24, 2.45) is 0 Å². The molecule has 0 aliphatic rings. The van der Waals surface area contributed by atoms with Crippen molar-refractivity contribution in [3.05, 3.63) is 76.1 Å². The monoisotopic (exact) mass is 402 g/mol. The molecule has 3 rings (SSSR count). The number of H-pyrrole nitrogens is 1. The van der Waals surface area contributed by atoms with Crippen LogP contribution in [-0.2, 0) is 0 Å². The summed E-state index contributed by atoms with van der Waals surface area (Å²) in [4.78, 5) is 24.0. The van der Waals surface area contributed by atoms with Gasteiger partial charge in [0.25, 0.3) is 11.8 Å². The van der Waals surface area contributed by atoms with Crippen molar-refractivity contribution in [1.82, 2.24) is 21.0 Å². The number of hydrogen-bond donors (Lipinski definition) is 3. The van der Waals surface area contributed by atoms with Gasteiger partial charge in [0.05, 0.1) is 11.3 Å². The summed E-state index contributed by atoms with van der Waals surface area (Å²) < 4.78 is 14.2. The number of carbonyl (C=O) groups excluding carboxylic acids is 2. The molecule has 0 aliphatic carbocycles. The molecular formula is C17H12BrFN4O2. The van der Waals surface area contributed by atoms with Crippen molar-refractivity contribution in [1.29, 1.82) is 0 Å². The fourth-order valence-electron chi connectivity index (χ4n) is 2.11. The summed E-state index contributed by atoms with van der Waals surface area (Å²) in [7, 11) is 0. The van der Waals surface area contributed by atoms with Crippen molar-refractivity contribution in [3.8, 4) is 11.3 Å². The second-order valence-corrected chi connectivity index (χ2v) is 5.98. The molecule has 1 aromatic heterocycles. The van der Waals surface area contributed by atoms with Crippen LogP contribution in [0.4, 0.5) is 4.39 Å². The lowest BCUT2D eigenvalue weighted by atomic mass is 10.1. The Bertz CT molecular complexity index is 927. The summed E-state index contributed by atoms with van der Waals surface area (Å²) in [6.07, 6.45) is 0. The van der Waals surface area contributed by atoms with E-state index in [0.717, 1.165) is 11.6 Å². The van der Waals surface area contributed by atoms with Crippen molar-refractivity contribution in [3.63, 3.8) is 0 Å². The van der Waals surface area contributed by atoms with Crippen LogP contribution in [0.15, 0.2) is 59.1 Å². The number of hydrazine groups is 1. The van der Waals surface area contributed by atoms with Gasteiger partial charge < -0.3 is 0 Å². The summed E-state index contributed by atoms with van der Waals surface area (Å²) in [5, 5.41) is 6.65. The standard InChI is InChI=1S/C17H12BrFN4O2/c18-11-6-7-13(19)12(8-11)16(24)22-23-17(25)15-9-14(20-21-15)10-4-2-1-3-5-10/h1-9H,(H,20,21)(H,22,24)(H,23,25). The van der Waals surface area contributed by atoms with Crippen molar-refractivity contribution in [2.75, 3.05) is 0 Å². The van der Waals surface area contributed by atoms with Crippen LogP contribution in [0.3, 0.4) is 0 Å². The molecule has 3 aromatic rings. The largest absolute Gasteiger partial charge is 0.287 e. The van der Waals surface area contributed by atoms with Gasteiger partial charge in [0, 0.05) is 10.0 Å². The lowest BCUT2D eigenvalue weighted by Crippen LogP contribution is -2.42. The number of nitrogens with one attached hydrogen (secondary N) is 3. The summed E-state index contributed by atoms with van der Waals surface area (Å²) in [6, 6.07) is 14.8. The summed E-state index contributed by atoms with van der Waals surface area (Å²) >= 11 is 3.16. The minimum Gasteiger partial charge on any atom is -0.272 e. The molecule has 0 fully saturated rings. The van der Waals surface area contributed by atoms with E-state index in [0.29, 0.717) is 10.2 Å². The zero-order chi connectivity index (χ0) is 17.8. The Morgan fingerprint density at radius 3 is 2.48 bits per heavy atom. The SMILES string of the molecule is O=C(NNC(=O)c1cc(Br)ccc1F)c1cc(-c2ccccc2)n[nH]1. The Hall–Kier alpha value is -3.00. The number of rotatable bonds is 3. The van der Waals surface area contributed by atoms with Crippen molar-refractivity contribution in [2.45, 2.75) is 0 Å². The lowest BCUT2D eigenvalue weighted by Gasteiger charge is -2.07. The zero-order valence-corrected chi connectivity index (χ0v) is 14.3. The quantitative estimate of drug-likeness (QED) is 0.588. The van der Waals surface area contributed by atoms with Gasteiger partial charge in [-0.05, 0) is 24.3 Å². The van der Waals surface area contributed by atoms with E-state index in [9.17, 15) is 14.0 Å². The Morgan fingerprint density at radius 2 is 1.72 bits per heavy atom. The molecule has 25 heavy (non-hydrogen) atoms. The second kappa shape index (κ2) is 7.27. The number of aromatic nitrogens is 2. The van der Waals surface area contributed by atoms with Gasteiger partial charge in [-0.3, -0.25) is 25.5 Å². The number of aromatic amines is 1. The molecule has 1 heterocycles. The highest BCUT2D eigenvalue weighted by Crippen LogP contribution is 2.17. The predicted molar refractivity (Wildman–Crippen MR) is 93.1 cm³/mol. The van der Waals surface area contributed by atoms with E-state index in [2.05, 4.69) is 37.0 Å². The van der Waals surface area contributed by atoms with Crippen LogP contribution < -0.4 is 10.9 Å². The molecule has 0 saturated heterocycles. The summed E-state index contributed by atoms with van der Waals surface area (Å²) in [5.41, 5.74) is 5.79. The van der Waals surface area contributed by atoms with E-state index >= 15 is 0 Å². The maximum atomic E-state index is 13.6. The normalized spacial score (nSPS) is 10.3. The third-order valence-electron chi connectivity index (χ3n) is 3.35. The third-order valence-corrected chi connectivity index (χ3v) is 3.85. The van der Waals surface area contributed by atoms with Crippen LogP contribution in [-0.4, -0.2) is 22.0 Å². The smallest absolute Gasteiger partial charge is 0.272 e. The lowest BCUT2D eigenvalue weighted by molar-refractivity contribution is 0.0841. The maximum Gasteiger partial charge on any atom is 0.287 e. The van der Waals surface area contributed by atoms with Gasteiger partial charge in [-0.1, -0.05) is 46.3 Å². The first-order valence-electron chi connectivity index (χ1n) is 7.21. The molecule has 0 bridgehead atoms. The predicted octanol–water partition coefficient (Wildman–Crippen LogP) is 3.05. The van der Waals surface area contributed by atoms with Crippen molar-refractivity contribution >= 4 is 27.7 Å². The average molecular weight is 403 g/mol. The molecular weight excluding hydrogens is 391 g/mol. The fourth-order valence-corrected chi connectivity index (χ4v) is 2.48. The summed E-state index contributed by atoms with van der Waals surface area (Å²) in [5.74, 6) is -2.06. The Balaban J connectivity index is 1.66. The van der Waals surface area contributed by atoms with Gasteiger partial charge in [-0.2, -0.15) is 5.10 Å². The highest BCUT2D eigenvalue weighted by Gasteiger charge is 2.15. The molecule has 0 radical (unpaired) electrons. The van der Waals surface area contributed by atoms with Crippen LogP contribution in [0.5, 0.6) is 0 Å². The minimum atomic E-state index is -0.769. The molecule has 6 nitrogen and oxygen atoms in total.